The van der Waals surface area contributed by atoms with Crippen LogP contribution in [0.3, 0.4) is 0 Å². The summed E-state index contributed by atoms with van der Waals surface area (Å²) in [4.78, 5) is 14.4. The summed E-state index contributed by atoms with van der Waals surface area (Å²) in [5.41, 5.74) is 2.28. The highest BCUT2D eigenvalue weighted by Crippen LogP contribution is 2.27. The third kappa shape index (κ3) is 3.34. The van der Waals surface area contributed by atoms with Crippen LogP contribution in [0, 0.1) is 25.2 Å². The van der Waals surface area contributed by atoms with Gasteiger partial charge < -0.3 is 4.42 Å². The molecule has 2 aromatic heterocycles. The summed E-state index contributed by atoms with van der Waals surface area (Å²) in [7, 11) is 0. The van der Waals surface area contributed by atoms with Gasteiger partial charge in [-0.15, -0.1) is 0 Å². The number of nitrogens with zero attached hydrogens (tertiary/aromatic N) is 3. The Morgan fingerprint density at radius 1 is 1.58 bits per heavy atom. The van der Waals surface area contributed by atoms with Crippen molar-refractivity contribution in [3.8, 4) is 6.07 Å². The number of H-pyrrole nitrogens is 1. The monoisotopic (exact) mass is 327 g/mol. The fourth-order valence-corrected chi connectivity index (χ4v) is 3.17. The van der Waals surface area contributed by atoms with Crippen LogP contribution in [0.2, 0.25) is 0 Å². The predicted octanol–water partition coefficient (Wildman–Crippen LogP) is 2.31. The molecular weight excluding hydrogens is 306 g/mol. The third-order valence-electron chi connectivity index (χ3n) is 4.58. The van der Waals surface area contributed by atoms with Crippen molar-refractivity contribution < 1.29 is 9.21 Å². The largest absolute Gasteiger partial charge is 0.444 e. The third-order valence-corrected chi connectivity index (χ3v) is 4.58. The highest BCUT2D eigenvalue weighted by molar-refractivity contribution is 5.92. The molecule has 0 aromatic carbocycles. The molecule has 7 nitrogen and oxygen atoms in total. The number of likely N-dealkylation sites (tertiary alicyclic amines) is 1. The first-order valence-corrected chi connectivity index (χ1v) is 8.10. The molecule has 3 heterocycles. The van der Waals surface area contributed by atoms with E-state index in [4.69, 9.17) is 4.42 Å². The van der Waals surface area contributed by atoms with Crippen molar-refractivity contribution >= 4 is 11.8 Å². The predicted molar refractivity (Wildman–Crippen MR) is 88.5 cm³/mol. The van der Waals surface area contributed by atoms with E-state index in [2.05, 4.69) is 26.5 Å². The van der Waals surface area contributed by atoms with Crippen molar-refractivity contribution in [1.29, 1.82) is 5.26 Å². The Bertz CT molecular complexity index is 757. The van der Waals surface area contributed by atoms with Crippen LogP contribution in [0.1, 0.15) is 41.3 Å². The summed E-state index contributed by atoms with van der Waals surface area (Å²) in [5.74, 6) is 1.11. The van der Waals surface area contributed by atoms with E-state index >= 15 is 0 Å². The fraction of sp³-hybridized carbons (Fsp3) is 0.471. The van der Waals surface area contributed by atoms with Gasteiger partial charge >= 0.3 is 0 Å². The van der Waals surface area contributed by atoms with Gasteiger partial charge in [0.05, 0.1) is 6.54 Å². The zero-order valence-corrected chi connectivity index (χ0v) is 13.9. The van der Waals surface area contributed by atoms with Crippen LogP contribution in [0.4, 0.5) is 5.88 Å². The van der Waals surface area contributed by atoms with Crippen LogP contribution in [0.15, 0.2) is 16.7 Å². The van der Waals surface area contributed by atoms with Crippen molar-refractivity contribution in [2.75, 3.05) is 25.0 Å². The van der Waals surface area contributed by atoms with E-state index in [0.29, 0.717) is 17.2 Å². The van der Waals surface area contributed by atoms with E-state index < -0.39 is 0 Å². The number of rotatable bonds is 4. The van der Waals surface area contributed by atoms with E-state index in [1.165, 1.54) is 0 Å². The molecule has 2 aromatic rings. The van der Waals surface area contributed by atoms with Gasteiger partial charge in [0.25, 0.3) is 0 Å². The maximum Gasteiger partial charge on any atom is 0.240 e. The number of aromatic nitrogens is 2. The van der Waals surface area contributed by atoms with Crippen LogP contribution in [0.25, 0.3) is 0 Å². The number of furan rings is 1. The summed E-state index contributed by atoms with van der Waals surface area (Å²) in [5, 5.41) is 19.0. The lowest BCUT2D eigenvalue weighted by atomic mass is 9.95. The Labute approximate surface area is 140 Å². The molecule has 1 atom stereocenters. The minimum Gasteiger partial charge on any atom is -0.444 e. The summed E-state index contributed by atoms with van der Waals surface area (Å²) in [6.07, 6.45) is 3.89. The van der Waals surface area contributed by atoms with Gasteiger partial charge in [0, 0.05) is 29.9 Å². The SMILES string of the molecule is Cc1oc(NC(=O)CN2CCC[C@H](c3ccn[nH]3)C2)c(C#N)c1C. The topological polar surface area (TPSA) is 97.9 Å². The van der Waals surface area contributed by atoms with Gasteiger partial charge in [-0.2, -0.15) is 10.4 Å². The molecule has 0 spiro atoms. The van der Waals surface area contributed by atoms with Crippen LogP contribution in [-0.4, -0.2) is 40.6 Å². The van der Waals surface area contributed by atoms with Crippen molar-refractivity contribution in [2.24, 2.45) is 0 Å². The summed E-state index contributed by atoms with van der Waals surface area (Å²) < 4.78 is 5.49. The number of hydrogen-bond donors (Lipinski definition) is 2. The first-order valence-electron chi connectivity index (χ1n) is 8.10. The molecule has 1 amide bonds. The number of nitriles is 1. The van der Waals surface area contributed by atoms with Gasteiger partial charge in [0.2, 0.25) is 11.8 Å². The van der Waals surface area contributed by atoms with Gasteiger partial charge in [-0.05, 0) is 39.3 Å². The number of piperidine rings is 1. The standard InChI is InChI=1S/C17H21N5O2/c1-11-12(2)24-17(14(11)8-18)20-16(23)10-22-7-3-4-13(9-22)15-5-6-19-21-15/h5-6,13H,3-4,7,9-10H2,1-2H3,(H,19,21)(H,20,23)/t13-/m0/s1. The molecule has 0 saturated carbocycles. The lowest BCUT2D eigenvalue weighted by Crippen LogP contribution is -2.39. The summed E-state index contributed by atoms with van der Waals surface area (Å²) >= 11 is 0. The van der Waals surface area contributed by atoms with Gasteiger partial charge in [-0.3, -0.25) is 20.1 Å². The van der Waals surface area contributed by atoms with E-state index in [-0.39, 0.29) is 18.3 Å². The molecule has 0 unspecified atom stereocenters. The fourth-order valence-electron chi connectivity index (χ4n) is 3.17. The zero-order chi connectivity index (χ0) is 17.1. The highest BCUT2D eigenvalue weighted by Gasteiger charge is 2.24. The molecule has 0 bridgehead atoms. The molecule has 1 aliphatic heterocycles. The molecule has 1 fully saturated rings. The molecule has 7 heteroatoms. The molecule has 2 N–H and O–H groups in total. The summed E-state index contributed by atoms with van der Waals surface area (Å²) in [6, 6.07) is 4.07. The van der Waals surface area contributed by atoms with Crippen molar-refractivity contribution in [2.45, 2.75) is 32.6 Å². The molecule has 1 aliphatic rings. The number of anilines is 1. The van der Waals surface area contributed by atoms with Gasteiger partial charge in [0.1, 0.15) is 17.4 Å². The Hall–Kier alpha value is -2.59. The second-order valence-corrected chi connectivity index (χ2v) is 6.23. The van der Waals surface area contributed by atoms with Crippen LogP contribution < -0.4 is 5.32 Å². The molecule has 0 aliphatic carbocycles. The summed E-state index contributed by atoms with van der Waals surface area (Å²) in [6.45, 7) is 5.59. The van der Waals surface area contributed by atoms with Crippen LogP contribution in [0.5, 0.6) is 0 Å². The Balaban J connectivity index is 1.61. The first-order chi connectivity index (χ1) is 11.6. The highest BCUT2D eigenvalue weighted by atomic mass is 16.4. The van der Waals surface area contributed by atoms with E-state index in [1.807, 2.05) is 13.0 Å². The molecule has 3 rings (SSSR count). The smallest absolute Gasteiger partial charge is 0.240 e. The van der Waals surface area contributed by atoms with Crippen molar-refractivity contribution in [3.63, 3.8) is 0 Å². The lowest BCUT2D eigenvalue weighted by Gasteiger charge is -2.31. The van der Waals surface area contributed by atoms with Crippen LogP contribution in [-0.2, 0) is 4.79 Å². The second kappa shape index (κ2) is 6.89. The average Bonchev–Trinajstić information content (AvgIpc) is 3.17. The number of amides is 1. The maximum absolute atomic E-state index is 12.3. The number of hydrogen-bond acceptors (Lipinski definition) is 5. The van der Waals surface area contributed by atoms with E-state index in [9.17, 15) is 10.1 Å². The first kappa shape index (κ1) is 16.3. The zero-order valence-electron chi connectivity index (χ0n) is 13.9. The van der Waals surface area contributed by atoms with Crippen molar-refractivity contribution in [1.82, 2.24) is 15.1 Å². The molecule has 0 radical (unpaired) electrons. The average molecular weight is 327 g/mol. The molecular formula is C17H21N5O2. The van der Waals surface area contributed by atoms with E-state index in [0.717, 1.165) is 37.2 Å². The molecule has 24 heavy (non-hydrogen) atoms. The Morgan fingerprint density at radius 2 is 2.42 bits per heavy atom. The maximum atomic E-state index is 12.3. The molecule has 1 saturated heterocycles. The number of carbonyl (C=O) groups is 1. The minimum atomic E-state index is -0.162. The van der Waals surface area contributed by atoms with Crippen molar-refractivity contribution in [3.05, 3.63) is 34.8 Å². The normalized spacial score (nSPS) is 18.3. The lowest BCUT2D eigenvalue weighted by molar-refractivity contribution is -0.117. The minimum absolute atomic E-state index is 0.162. The quantitative estimate of drug-likeness (QED) is 0.898. The number of aromatic amines is 1. The number of aryl methyl sites for hydroxylation is 1. The molecule has 126 valence electrons. The second-order valence-electron chi connectivity index (χ2n) is 6.23. The Kier molecular flexibility index (Phi) is 4.67. The number of carbonyl (C=O) groups excluding carboxylic acids is 1. The van der Waals surface area contributed by atoms with Gasteiger partial charge in [-0.25, -0.2) is 0 Å². The van der Waals surface area contributed by atoms with Gasteiger partial charge in [-0.1, -0.05) is 0 Å². The van der Waals surface area contributed by atoms with Crippen LogP contribution >= 0.6 is 0 Å². The van der Waals surface area contributed by atoms with E-state index in [1.54, 1.807) is 13.1 Å². The Morgan fingerprint density at radius 3 is 3.12 bits per heavy atom. The number of nitrogens with one attached hydrogen (secondary N) is 2. The van der Waals surface area contributed by atoms with Gasteiger partial charge in [0.15, 0.2) is 0 Å².